The summed E-state index contributed by atoms with van der Waals surface area (Å²) in [6.45, 7) is 5.89. The van der Waals surface area contributed by atoms with Gasteiger partial charge in [0, 0.05) is 6.54 Å². The standard InChI is InChI=1S/C13H21N3O/c1-4-16-12(8-10(2)15-16)13(14-3)11-6-5-7-17-9-11/h8-9,13-14H,4-7H2,1-3H3. The average molecular weight is 235 g/mol. The van der Waals surface area contributed by atoms with Gasteiger partial charge in [0.2, 0.25) is 0 Å². The Morgan fingerprint density at radius 1 is 1.59 bits per heavy atom. The van der Waals surface area contributed by atoms with Gasteiger partial charge in [-0.05, 0) is 45.4 Å². The second kappa shape index (κ2) is 5.36. The van der Waals surface area contributed by atoms with E-state index in [0.29, 0.717) is 0 Å². The summed E-state index contributed by atoms with van der Waals surface area (Å²) in [4.78, 5) is 0. The molecule has 17 heavy (non-hydrogen) atoms. The number of aryl methyl sites for hydroxylation is 2. The molecule has 94 valence electrons. The van der Waals surface area contributed by atoms with Crippen molar-refractivity contribution in [2.24, 2.45) is 0 Å². The molecule has 0 saturated carbocycles. The molecule has 0 saturated heterocycles. The minimum atomic E-state index is 0.219. The molecule has 1 aromatic rings. The predicted molar refractivity (Wildman–Crippen MR) is 67.7 cm³/mol. The van der Waals surface area contributed by atoms with E-state index < -0.39 is 0 Å². The van der Waals surface area contributed by atoms with Crippen LogP contribution in [0.25, 0.3) is 0 Å². The van der Waals surface area contributed by atoms with E-state index in [4.69, 9.17) is 4.74 Å². The highest BCUT2D eigenvalue weighted by molar-refractivity contribution is 5.24. The zero-order chi connectivity index (χ0) is 12.3. The predicted octanol–water partition coefficient (Wildman–Crippen LogP) is 2.17. The molecule has 0 amide bonds. The maximum Gasteiger partial charge on any atom is 0.0876 e. The molecule has 1 aliphatic rings. The first-order valence-corrected chi connectivity index (χ1v) is 6.28. The van der Waals surface area contributed by atoms with Crippen LogP contribution in [0.3, 0.4) is 0 Å². The first-order chi connectivity index (χ1) is 8.26. The molecule has 1 atom stereocenters. The van der Waals surface area contributed by atoms with Crippen LogP contribution >= 0.6 is 0 Å². The van der Waals surface area contributed by atoms with E-state index in [1.165, 1.54) is 11.3 Å². The molecular weight excluding hydrogens is 214 g/mol. The van der Waals surface area contributed by atoms with Gasteiger partial charge in [-0.2, -0.15) is 5.10 Å². The van der Waals surface area contributed by atoms with Gasteiger partial charge in [0.15, 0.2) is 0 Å². The van der Waals surface area contributed by atoms with Crippen molar-refractivity contribution in [3.05, 3.63) is 29.3 Å². The SMILES string of the molecule is CCn1nc(C)cc1C(NC)C1=COCCC1. The summed E-state index contributed by atoms with van der Waals surface area (Å²) >= 11 is 0. The Labute approximate surface area is 103 Å². The highest BCUT2D eigenvalue weighted by Gasteiger charge is 2.21. The summed E-state index contributed by atoms with van der Waals surface area (Å²) in [7, 11) is 1.99. The smallest absolute Gasteiger partial charge is 0.0876 e. The Bertz CT molecular complexity index is 409. The van der Waals surface area contributed by atoms with Crippen molar-refractivity contribution in [2.45, 2.75) is 39.3 Å². The monoisotopic (exact) mass is 235 g/mol. The lowest BCUT2D eigenvalue weighted by atomic mass is 9.99. The summed E-state index contributed by atoms with van der Waals surface area (Å²) in [6, 6.07) is 2.37. The molecule has 1 unspecified atom stereocenters. The summed E-state index contributed by atoms with van der Waals surface area (Å²) in [5, 5.41) is 7.87. The Balaban J connectivity index is 2.30. The molecule has 2 rings (SSSR count). The van der Waals surface area contributed by atoms with Gasteiger partial charge in [0.1, 0.15) is 0 Å². The quantitative estimate of drug-likeness (QED) is 0.869. The molecule has 1 N–H and O–H groups in total. The zero-order valence-electron chi connectivity index (χ0n) is 10.9. The third kappa shape index (κ3) is 2.52. The Kier molecular flexibility index (Phi) is 3.84. The maximum atomic E-state index is 5.43. The number of ether oxygens (including phenoxy) is 1. The van der Waals surface area contributed by atoms with Crippen LogP contribution in [-0.4, -0.2) is 23.4 Å². The number of hydrogen-bond acceptors (Lipinski definition) is 3. The molecule has 4 nitrogen and oxygen atoms in total. The maximum absolute atomic E-state index is 5.43. The van der Waals surface area contributed by atoms with Crippen molar-refractivity contribution in [3.63, 3.8) is 0 Å². The van der Waals surface area contributed by atoms with Crippen molar-refractivity contribution in [1.29, 1.82) is 0 Å². The van der Waals surface area contributed by atoms with Crippen LogP contribution in [0.4, 0.5) is 0 Å². The Hall–Kier alpha value is -1.29. The third-order valence-electron chi connectivity index (χ3n) is 3.15. The summed E-state index contributed by atoms with van der Waals surface area (Å²) in [5.41, 5.74) is 3.61. The van der Waals surface area contributed by atoms with Crippen molar-refractivity contribution < 1.29 is 4.74 Å². The van der Waals surface area contributed by atoms with Crippen LogP contribution < -0.4 is 5.32 Å². The minimum absolute atomic E-state index is 0.219. The van der Waals surface area contributed by atoms with Gasteiger partial charge in [-0.15, -0.1) is 0 Å². The normalized spacial score (nSPS) is 17.5. The van der Waals surface area contributed by atoms with Crippen LogP contribution in [0.15, 0.2) is 17.9 Å². The number of aromatic nitrogens is 2. The van der Waals surface area contributed by atoms with Crippen molar-refractivity contribution in [3.8, 4) is 0 Å². The number of likely N-dealkylation sites (N-methyl/N-ethyl adjacent to an activating group) is 1. The van der Waals surface area contributed by atoms with E-state index in [-0.39, 0.29) is 6.04 Å². The van der Waals surface area contributed by atoms with Gasteiger partial charge < -0.3 is 10.1 Å². The number of hydrogen-bond donors (Lipinski definition) is 1. The zero-order valence-corrected chi connectivity index (χ0v) is 10.9. The van der Waals surface area contributed by atoms with Crippen molar-refractivity contribution >= 4 is 0 Å². The van der Waals surface area contributed by atoms with Crippen LogP contribution in [0.5, 0.6) is 0 Å². The molecule has 1 aliphatic heterocycles. The van der Waals surface area contributed by atoms with E-state index in [1.54, 1.807) is 0 Å². The molecule has 1 aromatic heterocycles. The topological polar surface area (TPSA) is 39.1 Å². The lowest BCUT2D eigenvalue weighted by Gasteiger charge is -2.23. The van der Waals surface area contributed by atoms with Crippen molar-refractivity contribution in [1.82, 2.24) is 15.1 Å². The first-order valence-electron chi connectivity index (χ1n) is 6.28. The summed E-state index contributed by atoms with van der Waals surface area (Å²) < 4.78 is 7.50. The lowest BCUT2D eigenvalue weighted by Crippen LogP contribution is -2.23. The van der Waals surface area contributed by atoms with Gasteiger partial charge in [0.05, 0.1) is 30.3 Å². The van der Waals surface area contributed by atoms with Crippen LogP contribution in [-0.2, 0) is 11.3 Å². The first kappa shape index (κ1) is 12.2. The molecule has 4 heteroatoms. The Morgan fingerprint density at radius 2 is 2.41 bits per heavy atom. The van der Waals surface area contributed by atoms with E-state index in [9.17, 15) is 0 Å². The molecule has 2 heterocycles. The second-order valence-corrected chi connectivity index (χ2v) is 4.42. The van der Waals surface area contributed by atoms with Crippen LogP contribution in [0.1, 0.15) is 37.2 Å². The molecule has 0 fully saturated rings. The van der Waals surface area contributed by atoms with Crippen LogP contribution in [0.2, 0.25) is 0 Å². The molecule has 0 spiro atoms. The largest absolute Gasteiger partial charge is 0.501 e. The molecule has 0 radical (unpaired) electrons. The number of nitrogens with zero attached hydrogens (tertiary/aromatic N) is 2. The van der Waals surface area contributed by atoms with Crippen molar-refractivity contribution in [2.75, 3.05) is 13.7 Å². The van der Waals surface area contributed by atoms with Gasteiger partial charge in [-0.1, -0.05) is 0 Å². The lowest BCUT2D eigenvalue weighted by molar-refractivity contribution is 0.219. The van der Waals surface area contributed by atoms with E-state index in [1.807, 2.05) is 20.2 Å². The summed E-state index contributed by atoms with van der Waals surface area (Å²) in [5.74, 6) is 0. The molecule has 0 aliphatic carbocycles. The average Bonchev–Trinajstić information content (AvgIpc) is 2.73. The number of rotatable bonds is 4. The Morgan fingerprint density at radius 3 is 3.00 bits per heavy atom. The second-order valence-electron chi connectivity index (χ2n) is 4.42. The van der Waals surface area contributed by atoms with Gasteiger partial charge >= 0.3 is 0 Å². The number of nitrogens with one attached hydrogen (secondary N) is 1. The summed E-state index contributed by atoms with van der Waals surface area (Å²) in [6.07, 6.45) is 4.11. The van der Waals surface area contributed by atoms with Gasteiger partial charge in [-0.3, -0.25) is 4.68 Å². The fourth-order valence-electron chi connectivity index (χ4n) is 2.37. The van der Waals surface area contributed by atoms with E-state index in [0.717, 1.165) is 31.7 Å². The molecular formula is C13H21N3O. The molecule has 0 bridgehead atoms. The van der Waals surface area contributed by atoms with E-state index >= 15 is 0 Å². The fourth-order valence-corrected chi connectivity index (χ4v) is 2.37. The third-order valence-corrected chi connectivity index (χ3v) is 3.15. The molecule has 0 aromatic carbocycles. The fraction of sp³-hybridized carbons (Fsp3) is 0.615. The highest BCUT2D eigenvalue weighted by Crippen LogP contribution is 2.27. The van der Waals surface area contributed by atoms with E-state index in [2.05, 4.69) is 28.1 Å². The minimum Gasteiger partial charge on any atom is -0.501 e. The van der Waals surface area contributed by atoms with Gasteiger partial charge in [0.25, 0.3) is 0 Å². The highest BCUT2D eigenvalue weighted by atomic mass is 16.5. The van der Waals surface area contributed by atoms with Gasteiger partial charge in [-0.25, -0.2) is 0 Å². The van der Waals surface area contributed by atoms with Crippen LogP contribution in [0, 0.1) is 6.92 Å².